The maximum atomic E-state index is 13.1. The van der Waals surface area contributed by atoms with Crippen LogP contribution in [0.15, 0.2) is 71.6 Å². The summed E-state index contributed by atoms with van der Waals surface area (Å²) in [6, 6.07) is 18.4. The molecule has 0 unspecified atom stereocenters. The van der Waals surface area contributed by atoms with Crippen molar-refractivity contribution >= 4 is 29.3 Å². The van der Waals surface area contributed by atoms with Crippen molar-refractivity contribution in [1.82, 2.24) is 0 Å². The number of carboxylic acid groups (broad SMARTS) is 1. The molecule has 0 aromatic heterocycles. The van der Waals surface area contributed by atoms with Crippen LogP contribution in [0.1, 0.15) is 18.9 Å². The zero-order chi connectivity index (χ0) is 22.2. The minimum Gasteiger partial charge on any atom is -0.487 e. The summed E-state index contributed by atoms with van der Waals surface area (Å²) in [5, 5.41) is 9.44. The van der Waals surface area contributed by atoms with E-state index < -0.39 is 5.97 Å². The van der Waals surface area contributed by atoms with Gasteiger partial charge in [0.25, 0.3) is 0 Å². The van der Waals surface area contributed by atoms with E-state index in [2.05, 4.69) is 0 Å². The molecule has 7 heteroatoms. The number of ether oxygens (including phenoxy) is 2. The highest BCUT2D eigenvalue weighted by Gasteiger charge is 2.12. The lowest BCUT2D eigenvalue weighted by atomic mass is 10.2. The second kappa shape index (κ2) is 11.1. The van der Waals surface area contributed by atoms with Crippen LogP contribution in [0, 0.1) is 5.82 Å². The number of carbonyl (C=O) groups is 1. The number of hydrogen-bond donors (Lipinski definition) is 1. The highest BCUT2D eigenvalue weighted by Crippen LogP contribution is 2.35. The summed E-state index contributed by atoms with van der Waals surface area (Å²) in [7, 11) is 0. The van der Waals surface area contributed by atoms with E-state index >= 15 is 0 Å². The summed E-state index contributed by atoms with van der Waals surface area (Å²) in [6.45, 7) is 1.97. The molecule has 0 aliphatic heterocycles. The van der Waals surface area contributed by atoms with Crippen LogP contribution in [0.5, 0.6) is 17.2 Å². The second-order valence-corrected chi connectivity index (χ2v) is 8.54. The largest absolute Gasteiger partial charge is 0.487 e. The zero-order valence-corrected chi connectivity index (χ0v) is 18.5. The Bertz CT molecular complexity index is 1030. The van der Waals surface area contributed by atoms with Crippen LogP contribution in [0.4, 0.5) is 4.39 Å². The van der Waals surface area contributed by atoms with Crippen LogP contribution in [-0.2, 0) is 11.2 Å². The molecule has 0 aliphatic carbocycles. The topological polar surface area (TPSA) is 55.8 Å². The molecule has 1 atom stereocenters. The average Bonchev–Trinajstić information content (AvgIpc) is 2.71. The third kappa shape index (κ3) is 7.49. The highest BCUT2D eigenvalue weighted by atomic mass is 35.5. The Morgan fingerprint density at radius 3 is 2.61 bits per heavy atom. The minimum atomic E-state index is -0.842. The molecule has 0 amide bonds. The Morgan fingerprint density at radius 1 is 1.10 bits per heavy atom. The van der Waals surface area contributed by atoms with Crippen molar-refractivity contribution in [2.45, 2.75) is 30.8 Å². The number of hydrogen-bond acceptors (Lipinski definition) is 4. The third-order valence-corrected chi connectivity index (χ3v) is 5.58. The number of halogens is 2. The number of benzene rings is 3. The average molecular weight is 461 g/mol. The smallest absolute Gasteiger partial charge is 0.307 e. The molecule has 0 saturated heterocycles. The number of carboxylic acids is 1. The van der Waals surface area contributed by atoms with Gasteiger partial charge in [-0.25, -0.2) is 4.39 Å². The predicted octanol–water partition coefficient (Wildman–Crippen LogP) is 6.85. The van der Waals surface area contributed by atoms with Gasteiger partial charge in [-0.2, -0.15) is 0 Å². The minimum absolute atomic E-state index is 0.0152. The van der Waals surface area contributed by atoms with E-state index in [4.69, 9.17) is 26.2 Å². The van der Waals surface area contributed by atoms with Crippen molar-refractivity contribution in [3.63, 3.8) is 0 Å². The molecular weight excluding hydrogens is 439 g/mol. The van der Waals surface area contributed by atoms with Crippen LogP contribution in [0.2, 0.25) is 5.02 Å². The molecule has 0 aliphatic rings. The Kier molecular flexibility index (Phi) is 8.20. The van der Waals surface area contributed by atoms with Crippen LogP contribution in [0.3, 0.4) is 0 Å². The summed E-state index contributed by atoms with van der Waals surface area (Å²) in [5.41, 5.74) is 0.783. The molecule has 0 spiro atoms. The van der Waals surface area contributed by atoms with Gasteiger partial charge in [0.2, 0.25) is 0 Å². The van der Waals surface area contributed by atoms with Crippen molar-refractivity contribution < 1.29 is 23.8 Å². The first-order valence-electron chi connectivity index (χ1n) is 9.72. The fourth-order valence-corrected chi connectivity index (χ4v) is 4.08. The lowest BCUT2D eigenvalue weighted by Crippen LogP contribution is -2.13. The Labute approximate surface area is 190 Å². The van der Waals surface area contributed by atoms with E-state index in [1.54, 1.807) is 42.1 Å². The van der Waals surface area contributed by atoms with Crippen LogP contribution >= 0.6 is 23.4 Å². The summed E-state index contributed by atoms with van der Waals surface area (Å²) >= 11 is 7.76. The second-order valence-electron chi connectivity index (χ2n) is 6.93. The van der Waals surface area contributed by atoms with Gasteiger partial charge < -0.3 is 14.6 Å². The molecule has 3 aromatic carbocycles. The summed E-state index contributed by atoms with van der Waals surface area (Å²) in [4.78, 5) is 11.9. The van der Waals surface area contributed by atoms with Gasteiger partial charge in [-0.3, -0.25) is 4.79 Å². The molecule has 3 rings (SSSR count). The zero-order valence-electron chi connectivity index (χ0n) is 16.9. The standard InChI is InChI=1S/C24H22ClFO4S/c1-16(11-12-31-21-4-2-3-17(13-21)14-24(27)28)29-22-10-5-18(25)15-23(22)30-20-8-6-19(26)7-9-20/h2-10,13,15-16H,11-12,14H2,1H3,(H,27,28)/t16-/m1/s1. The van der Waals surface area contributed by atoms with E-state index in [1.807, 2.05) is 31.2 Å². The Hall–Kier alpha value is -2.70. The quantitative estimate of drug-likeness (QED) is 0.335. The molecule has 4 nitrogen and oxygen atoms in total. The van der Waals surface area contributed by atoms with E-state index in [1.165, 1.54) is 12.1 Å². The first-order chi connectivity index (χ1) is 14.9. The van der Waals surface area contributed by atoms with Gasteiger partial charge >= 0.3 is 5.97 Å². The van der Waals surface area contributed by atoms with Crippen molar-refractivity contribution in [2.75, 3.05) is 5.75 Å². The first kappa shape index (κ1) is 23.0. The van der Waals surface area contributed by atoms with Gasteiger partial charge in [-0.05, 0) is 67.4 Å². The van der Waals surface area contributed by atoms with E-state index in [0.29, 0.717) is 22.3 Å². The molecule has 31 heavy (non-hydrogen) atoms. The molecule has 1 N–H and O–H groups in total. The van der Waals surface area contributed by atoms with Gasteiger partial charge in [0.15, 0.2) is 11.5 Å². The van der Waals surface area contributed by atoms with Gasteiger partial charge in [-0.1, -0.05) is 23.7 Å². The lowest BCUT2D eigenvalue weighted by molar-refractivity contribution is -0.136. The number of aliphatic carboxylic acids is 1. The van der Waals surface area contributed by atoms with E-state index in [0.717, 1.165) is 22.6 Å². The summed E-state index contributed by atoms with van der Waals surface area (Å²) < 4.78 is 25.0. The maximum Gasteiger partial charge on any atom is 0.307 e. The van der Waals surface area contributed by atoms with Crippen LogP contribution in [-0.4, -0.2) is 22.9 Å². The molecule has 3 aromatic rings. The van der Waals surface area contributed by atoms with E-state index in [-0.39, 0.29) is 18.3 Å². The molecule has 0 fully saturated rings. The molecule has 0 bridgehead atoms. The molecule has 0 saturated carbocycles. The molecular formula is C24H22ClFO4S. The Morgan fingerprint density at radius 2 is 1.87 bits per heavy atom. The van der Waals surface area contributed by atoms with Crippen molar-refractivity contribution in [1.29, 1.82) is 0 Å². The summed E-state index contributed by atoms with van der Waals surface area (Å²) in [5.74, 6) is 1.12. The first-order valence-corrected chi connectivity index (χ1v) is 11.1. The lowest BCUT2D eigenvalue weighted by Gasteiger charge is -2.18. The van der Waals surface area contributed by atoms with Crippen molar-refractivity contribution in [2.24, 2.45) is 0 Å². The molecule has 0 radical (unpaired) electrons. The summed E-state index contributed by atoms with van der Waals surface area (Å²) in [6.07, 6.45) is 0.694. The van der Waals surface area contributed by atoms with Crippen LogP contribution in [0.25, 0.3) is 0 Å². The highest BCUT2D eigenvalue weighted by molar-refractivity contribution is 7.99. The monoisotopic (exact) mass is 460 g/mol. The maximum absolute atomic E-state index is 13.1. The van der Waals surface area contributed by atoms with Gasteiger partial charge in [0.05, 0.1) is 12.5 Å². The fourth-order valence-electron chi connectivity index (χ4n) is 2.83. The predicted molar refractivity (Wildman–Crippen MR) is 121 cm³/mol. The van der Waals surface area contributed by atoms with Gasteiger partial charge in [0.1, 0.15) is 11.6 Å². The Balaban J connectivity index is 1.57. The number of thioether (sulfide) groups is 1. The number of rotatable bonds is 10. The molecule has 0 heterocycles. The third-order valence-electron chi connectivity index (χ3n) is 4.32. The van der Waals surface area contributed by atoms with Crippen molar-refractivity contribution in [3.8, 4) is 17.2 Å². The fraction of sp³-hybridized carbons (Fsp3) is 0.208. The SMILES string of the molecule is C[C@H](CCSc1cccc(CC(=O)O)c1)Oc1ccc(Cl)cc1Oc1ccc(F)cc1. The normalized spacial score (nSPS) is 11.7. The van der Waals surface area contributed by atoms with Crippen LogP contribution < -0.4 is 9.47 Å². The van der Waals surface area contributed by atoms with Gasteiger partial charge in [0, 0.05) is 21.7 Å². The molecule has 162 valence electrons. The van der Waals surface area contributed by atoms with E-state index in [9.17, 15) is 9.18 Å². The van der Waals surface area contributed by atoms with Crippen molar-refractivity contribution in [3.05, 3.63) is 83.1 Å². The van der Waals surface area contributed by atoms with Gasteiger partial charge in [-0.15, -0.1) is 11.8 Å².